The van der Waals surface area contributed by atoms with E-state index in [4.69, 9.17) is 9.47 Å². The first-order chi connectivity index (χ1) is 18.5. The van der Waals surface area contributed by atoms with Crippen LogP contribution in [0, 0.1) is 13.8 Å². The lowest BCUT2D eigenvalue weighted by Crippen LogP contribution is -2.39. The number of amides is 1. The average molecular weight is 538 g/mol. The lowest BCUT2D eigenvalue weighted by Gasteiger charge is -2.29. The fraction of sp³-hybridized carbons (Fsp3) is 0.500. The number of aliphatic hydroxyl groups is 1. The molecule has 210 valence electrons. The predicted octanol–water partition coefficient (Wildman–Crippen LogP) is 3.86. The molecule has 4 rings (SSSR count). The van der Waals surface area contributed by atoms with Crippen LogP contribution in [-0.4, -0.2) is 84.1 Å². The highest BCUT2D eigenvalue weighted by Gasteiger charge is 2.46. The lowest BCUT2D eigenvalue weighted by atomic mass is 9.85. The minimum absolute atomic E-state index is 0.0245. The number of ketones is 1. The molecule has 1 aromatic heterocycles. The number of nitrogens with zero attached hydrogens (tertiary/aromatic N) is 2. The molecule has 2 fully saturated rings. The number of aryl methyl sites for hydroxylation is 1. The van der Waals surface area contributed by atoms with Crippen LogP contribution in [0.3, 0.4) is 0 Å². The van der Waals surface area contributed by atoms with Gasteiger partial charge < -0.3 is 24.5 Å². The number of morpholine rings is 1. The summed E-state index contributed by atoms with van der Waals surface area (Å²) >= 11 is 0. The van der Waals surface area contributed by atoms with Gasteiger partial charge in [-0.3, -0.25) is 14.5 Å². The average Bonchev–Trinajstić information content (AvgIpc) is 3.35. The Morgan fingerprint density at radius 3 is 2.33 bits per heavy atom. The summed E-state index contributed by atoms with van der Waals surface area (Å²) in [6.07, 6.45) is 0.679. The Morgan fingerprint density at radius 1 is 1.10 bits per heavy atom. The van der Waals surface area contributed by atoms with E-state index in [0.717, 1.165) is 30.8 Å². The van der Waals surface area contributed by atoms with Gasteiger partial charge in [0.15, 0.2) is 0 Å². The molecule has 2 N–H and O–H groups in total. The van der Waals surface area contributed by atoms with Crippen LogP contribution in [0.4, 0.5) is 0 Å². The number of ether oxygens (including phenoxy) is 2. The van der Waals surface area contributed by atoms with Crippen molar-refractivity contribution in [3.63, 3.8) is 0 Å². The van der Waals surface area contributed by atoms with Crippen molar-refractivity contribution in [2.75, 3.05) is 46.5 Å². The number of carbonyl (C=O) groups excluding carboxylic acids is 3. The maximum atomic E-state index is 13.5. The minimum Gasteiger partial charge on any atom is -0.507 e. The zero-order valence-corrected chi connectivity index (χ0v) is 23.7. The second-order valence-electron chi connectivity index (χ2n) is 11.3. The third kappa shape index (κ3) is 5.65. The number of esters is 1. The number of hydrogen-bond acceptors (Lipinski definition) is 7. The van der Waals surface area contributed by atoms with Gasteiger partial charge in [-0.2, -0.15) is 0 Å². The Morgan fingerprint density at radius 2 is 1.74 bits per heavy atom. The molecule has 1 amide bonds. The molecule has 0 bridgehead atoms. The number of Topliss-reactive ketones (excluding diaryl/α,β-unsaturated/α-hetero) is 1. The number of methoxy groups -OCH3 is 1. The summed E-state index contributed by atoms with van der Waals surface area (Å²) in [5, 5.41) is 11.6. The van der Waals surface area contributed by atoms with Gasteiger partial charge in [0.1, 0.15) is 11.5 Å². The van der Waals surface area contributed by atoms with Gasteiger partial charge in [-0.1, -0.05) is 45.0 Å². The molecule has 0 unspecified atom stereocenters. The Kier molecular flexibility index (Phi) is 8.32. The summed E-state index contributed by atoms with van der Waals surface area (Å²) in [5.41, 5.74) is 3.31. The second-order valence-corrected chi connectivity index (χ2v) is 11.3. The first kappa shape index (κ1) is 28.6. The molecule has 1 aromatic carbocycles. The van der Waals surface area contributed by atoms with Crippen LogP contribution in [-0.2, 0) is 24.5 Å². The topological polar surface area (TPSA) is 112 Å². The number of carbonyl (C=O) groups is 3. The molecule has 0 radical (unpaired) electrons. The molecule has 2 aliphatic rings. The number of aromatic nitrogens is 1. The number of nitrogens with one attached hydrogen (secondary N) is 1. The number of benzene rings is 1. The maximum absolute atomic E-state index is 13.5. The smallest absolute Gasteiger partial charge is 0.354 e. The van der Waals surface area contributed by atoms with Crippen LogP contribution in [0.25, 0.3) is 5.76 Å². The molecule has 0 saturated carbocycles. The molecule has 0 aliphatic carbocycles. The minimum atomic E-state index is -0.751. The van der Waals surface area contributed by atoms with E-state index in [0.29, 0.717) is 43.0 Å². The van der Waals surface area contributed by atoms with E-state index < -0.39 is 23.7 Å². The van der Waals surface area contributed by atoms with Crippen molar-refractivity contribution in [1.82, 2.24) is 14.8 Å². The van der Waals surface area contributed by atoms with Gasteiger partial charge >= 0.3 is 5.97 Å². The predicted molar refractivity (Wildman–Crippen MR) is 148 cm³/mol. The van der Waals surface area contributed by atoms with Crippen LogP contribution in [0.15, 0.2) is 29.8 Å². The highest BCUT2D eigenvalue weighted by atomic mass is 16.5. The van der Waals surface area contributed by atoms with Crippen LogP contribution in [0.5, 0.6) is 0 Å². The highest BCUT2D eigenvalue weighted by molar-refractivity contribution is 6.46. The van der Waals surface area contributed by atoms with Crippen molar-refractivity contribution >= 4 is 23.4 Å². The number of likely N-dealkylation sites (tertiary alicyclic amines) is 1. The van der Waals surface area contributed by atoms with Crippen molar-refractivity contribution in [2.24, 2.45) is 0 Å². The summed E-state index contributed by atoms with van der Waals surface area (Å²) in [4.78, 5) is 46.0. The van der Waals surface area contributed by atoms with Crippen LogP contribution in [0.2, 0.25) is 0 Å². The largest absolute Gasteiger partial charge is 0.507 e. The van der Waals surface area contributed by atoms with Gasteiger partial charge in [0, 0.05) is 37.4 Å². The number of H-pyrrole nitrogens is 1. The molecule has 2 aromatic rings. The number of rotatable bonds is 7. The monoisotopic (exact) mass is 537 g/mol. The molecule has 0 spiro atoms. The van der Waals surface area contributed by atoms with Crippen LogP contribution in [0.1, 0.15) is 71.7 Å². The third-order valence-corrected chi connectivity index (χ3v) is 7.67. The Labute approximate surface area is 229 Å². The summed E-state index contributed by atoms with van der Waals surface area (Å²) in [7, 11) is 1.28. The van der Waals surface area contributed by atoms with Gasteiger partial charge in [-0.15, -0.1) is 0 Å². The van der Waals surface area contributed by atoms with Gasteiger partial charge in [-0.25, -0.2) is 4.79 Å². The Hall–Kier alpha value is -3.43. The molecule has 3 heterocycles. The van der Waals surface area contributed by atoms with Crippen LogP contribution >= 0.6 is 0 Å². The second kappa shape index (κ2) is 11.4. The third-order valence-electron chi connectivity index (χ3n) is 7.67. The summed E-state index contributed by atoms with van der Waals surface area (Å²) in [6.45, 7) is 13.9. The van der Waals surface area contributed by atoms with Crippen molar-refractivity contribution in [1.29, 1.82) is 0 Å². The van der Waals surface area contributed by atoms with Gasteiger partial charge in [0.05, 0.1) is 31.9 Å². The Bertz CT molecular complexity index is 1280. The molecule has 9 heteroatoms. The molecule has 2 aliphatic heterocycles. The quantitative estimate of drug-likeness (QED) is 0.239. The molecule has 2 saturated heterocycles. The number of aromatic amines is 1. The van der Waals surface area contributed by atoms with E-state index in [1.54, 1.807) is 18.7 Å². The normalized spacial score (nSPS) is 20.1. The molecular weight excluding hydrogens is 498 g/mol. The fourth-order valence-electron chi connectivity index (χ4n) is 5.46. The number of aliphatic hydroxyl groups excluding tert-OH is 1. The molecular formula is C30H39N3O6. The summed E-state index contributed by atoms with van der Waals surface area (Å²) in [6, 6.07) is 7.11. The maximum Gasteiger partial charge on any atom is 0.354 e. The van der Waals surface area contributed by atoms with E-state index in [1.165, 1.54) is 7.11 Å². The van der Waals surface area contributed by atoms with E-state index in [2.05, 4.69) is 30.7 Å². The van der Waals surface area contributed by atoms with Crippen LogP contribution < -0.4 is 0 Å². The number of hydrogen-bond donors (Lipinski definition) is 2. The lowest BCUT2D eigenvalue weighted by molar-refractivity contribution is -0.140. The van der Waals surface area contributed by atoms with Crippen molar-refractivity contribution in [3.05, 3.63) is 63.5 Å². The standard InChI is InChI=1S/C30H39N3O6/c1-18-22(19(2)31-24(18)29(37)38-6)26(34)23-25(20-8-10-21(11-9-20)30(3,4)5)33(28(36)27(23)35)13-7-12-32-14-16-39-17-15-32/h8-11,25,31,34H,7,12-17H2,1-6H3/t25-/m1/s1. The summed E-state index contributed by atoms with van der Waals surface area (Å²) in [5.74, 6) is -2.24. The van der Waals surface area contributed by atoms with E-state index >= 15 is 0 Å². The van der Waals surface area contributed by atoms with Crippen molar-refractivity contribution < 1.29 is 29.0 Å². The molecule has 1 atom stereocenters. The molecule has 39 heavy (non-hydrogen) atoms. The Balaban J connectivity index is 1.76. The van der Waals surface area contributed by atoms with Gasteiger partial charge in [0.25, 0.3) is 11.7 Å². The first-order valence-corrected chi connectivity index (χ1v) is 13.4. The highest BCUT2D eigenvalue weighted by Crippen LogP contribution is 2.41. The van der Waals surface area contributed by atoms with E-state index in [1.807, 2.05) is 24.3 Å². The van der Waals surface area contributed by atoms with E-state index in [9.17, 15) is 19.5 Å². The zero-order chi connectivity index (χ0) is 28.5. The van der Waals surface area contributed by atoms with Crippen molar-refractivity contribution in [2.45, 2.75) is 52.5 Å². The van der Waals surface area contributed by atoms with E-state index in [-0.39, 0.29) is 22.4 Å². The first-order valence-electron chi connectivity index (χ1n) is 13.4. The summed E-state index contributed by atoms with van der Waals surface area (Å²) < 4.78 is 10.3. The zero-order valence-electron chi connectivity index (χ0n) is 23.7. The van der Waals surface area contributed by atoms with Gasteiger partial charge in [0.2, 0.25) is 0 Å². The SMILES string of the molecule is COC(=O)c1[nH]c(C)c(C(O)=C2C(=O)C(=O)N(CCCN3CCOCC3)[C@@H]2c2ccc(C(C)(C)C)cc2)c1C. The fourth-order valence-corrected chi connectivity index (χ4v) is 5.46. The van der Waals surface area contributed by atoms with Gasteiger partial charge in [-0.05, 0) is 42.4 Å². The molecule has 9 nitrogen and oxygen atoms in total. The van der Waals surface area contributed by atoms with Crippen molar-refractivity contribution in [3.8, 4) is 0 Å².